The molecule has 2 aromatic carbocycles. The second-order valence-corrected chi connectivity index (χ2v) is 5.98. The second kappa shape index (κ2) is 8.10. The second-order valence-electron chi connectivity index (χ2n) is 5.98. The Morgan fingerprint density at radius 2 is 2.07 bits per heavy atom. The van der Waals surface area contributed by atoms with Gasteiger partial charge in [-0.25, -0.2) is 4.98 Å². The van der Waals surface area contributed by atoms with Crippen molar-refractivity contribution in [2.24, 2.45) is 0 Å². The van der Waals surface area contributed by atoms with Crippen molar-refractivity contribution in [3.63, 3.8) is 0 Å². The predicted molar refractivity (Wildman–Crippen MR) is 108 cm³/mol. The summed E-state index contributed by atoms with van der Waals surface area (Å²) in [7, 11) is 0. The standard InChI is InChI=1S/C21H16N4O4/c1-2-9-29-19-8-4-7-18(26)20(19)17-11-15(16(12-22)21(23)24-17)13-5-3-6-14(10-13)25(27)28/h2-8,10-11,26H,1,9H2,(H2,23,24). The zero-order valence-electron chi connectivity index (χ0n) is 15.2. The molecule has 3 rings (SSSR count). The van der Waals surface area contributed by atoms with E-state index in [2.05, 4.69) is 11.6 Å². The molecule has 0 radical (unpaired) electrons. The summed E-state index contributed by atoms with van der Waals surface area (Å²) in [5.41, 5.74) is 7.29. The molecular weight excluding hydrogens is 372 g/mol. The van der Waals surface area contributed by atoms with Crippen LogP contribution in [0, 0.1) is 21.4 Å². The first-order chi connectivity index (χ1) is 14.0. The van der Waals surface area contributed by atoms with Gasteiger partial charge in [0.2, 0.25) is 0 Å². The molecule has 0 atom stereocenters. The number of benzene rings is 2. The first-order valence-corrected chi connectivity index (χ1v) is 8.47. The fraction of sp³-hybridized carbons (Fsp3) is 0.0476. The Labute approximate surface area is 166 Å². The van der Waals surface area contributed by atoms with E-state index in [4.69, 9.17) is 10.5 Å². The molecule has 1 heterocycles. The number of nitro benzene ring substituents is 1. The number of nitrogens with two attached hydrogens (primary N) is 1. The number of phenolic OH excluding ortho intramolecular Hbond substituents is 1. The number of ether oxygens (including phenoxy) is 1. The fourth-order valence-corrected chi connectivity index (χ4v) is 2.87. The van der Waals surface area contributed by atoms with Crippen molar-refractivity contribution in [3.8, 4) is 40.0 Å². The van der Waals surface area contributed by atoms with Gasteiger partial charge in [-0.2, -0.15) is 5.26 Å². The summed E-state index contributed by atoms with van der Waals surface area (Å²) < 4.78 is 5.60. The molecule has 0 fully saturated rings. The zero-order chi connectivity index (χ0) is 21.0. The van der Waals surface area contributed by atoms with Crippen LogP contribution in [-0.4, -0.2) is 21.6 Å². The van der Waals surface area contributed by atoms with E-state index in [0.29, 0.717) is 16.9 Å². The summed E-state index contributed by atoms with van der Waals surface area (Å²) in [5.74, 6) is 0.198. The molecule has 0 unspecified atom stereocenters. The number of rotatable bonds is 6. The van der Waals surface area contributed by atoms with Crippen LogP contribution in [0.4, 0.5) is 11.5 Å². The first-order valence-electron chi connectivity index (χ1n) is 8.47. The highest BCUT2D eigenvalue weighted by molar-refractivity contribution is 5.84. The third-order valence-corrected chi connectivity index (χ3v) is 4.14. The van der Waals surface area contributed by atoms with Crippen LogP contribution in [-0.2, 0) is 0 Å². The Morgan fingerprint density at radius 3 is 2.76 bits per heavy atom. The molecule has 144 valence electrons. The zero-order valence-corrected chi connectivity index (χ0v) is 15.2. The number of nitro groups is 1. The third kappa shape index (κ3) is 3.84. The molecule has 0 aliphatic rings. The van der Waals surface area contributed by atoms with Crippen molar-refractivity contribution in [1.29, 1.82) is 5.26 Å². The lowest BCUT2D eigenvalue weighted by Gasteiger charge is -2.14. The van der Waals surface area contributed by atoms with Gasteiger partial charge in [-0.15, -0.1) is 0 Å². The normalized spacial score (nSPS) is 10.2. The first kappa shape index (κ1) is 19.4. The van der Waals surface area contributed by atoms with Gasteiger partial charge in [0.05, 0.1) is 16.2 Å². The Kier molecular flexibility index (Phi) is 5.42. The van der Waals surface area contributed by atoms with Gasteiger partial charge < -0.3 is 15.6 Å². The fourth-order valence-electron chi connectivity index (χ4n) is 2.87. The summed E-state index contributed by atoms with van der Waals surface area (Å²) in [5, 5.41) is 31.1. The molecule has 0 bridgehead atoms. The Balaban J connectivity index is 2.25. The van der Waals surface area contributed by atoms with E-state index in [0.717, 1.165) is 0 Å². The number of aromatic nitrogens is 1. The van der Waals surface area contributed by atoms with Gasteiger partial charge in [0.1, 0.15) is 35.6 Å². The van der Waals surface area contributed by atoms with Crippen LogP contribution in [0.1, 0.15) is 5.56 Å². The highest BCUT2D eigenvalue weighted by atomic mass is 16.6. The molecular formula is C21H16N4O4. The smallest absolute Gasteiger partial charge is 0.270 e. The number of aromatic hydroxyl groups is 1. The number of hydrogen-bond acceptors (Lipinski definition) is 7. The Hall–Kier alpha value is -4.38. The third-order valence-electron chi connectivity index (χ3n) is 4.14. The van der Waals surface area contributed by atoms with E-state index in [1.54, 1.807) is 30.3 Å². The number of nitriles is 1. The number of hydrogen-bond donors (Lipinski definition) is 2. The molecule has 0 aliphatic carbocycles. The van der Waals surface area contributed by atoms with Crippen LogP contribution in [0.3, 0.4) is 0 Å². The van der Waals surface area contributed by atoms with Crippen molar-refractivity contribution in [2.75, 3.05) is 12.3 Å². The summed E-state index contributed by atoms with van der Waals surface area (Å²) in [6, 6.07) is 14.1. The van der Waals surface area contributed by atoms with Gasteiger partial charge in [0.25, 0.3) is 5.69 Å². The molecule has 0 spiro atoms. The summed E-state index contributed by atoms with van der Waals surface area (Å²) >= 11 is 0. The summed E-state index contributed by atoms with van der Waals surface area (Å²) in [6.07, 6.45) is 1.56. The van der Waals surface area contributed by atoms with E-state index in [1.165, 1.54) is 24.3 Å². The van der Waals surface area contributed by atoms with Crippen LogP contribution >= 0.6 is 0 Å². The van der Waals surface area contributed by atoms with Gasteiger partial charge in [-0.05, 0) is 23.8 Å². The molecule has 3 aromatic rings. The quantitative estimate of drug-likeness (QED) is 0.369. The average Bonchev–Trinajstić information content (AvgIpc) is 2.71. The maximum absolute atomic E-state index is 11.1. The minimum atomic E-state index is -0.523. The Morgan fingerprint density at radius 1 is 1.31 bits per heavy atom. The van der Waals surface area contributed by atoms with Crippen molar-refractivity contribution < 1.29 is 14.8 Å². The van der Waals surface area contributed by atoms with Crippen LogP contribution in [0.2, 0.25) is 0 Å². The average molecular weight is 388 g/mol. The Bertz CT molecular complexity index is 1150. The number of nitrogens with zero attached hydrogens (tertiary/aromatic N) is 3. The van der Waals surface area contributed by atoms with Gasteiger partial charge in [0.15, 0.2) is 0 Å². The lowest BCUT2D eigenvalue weighted by molar-refractivity contribution is -0.384. The maximum Gasteiger partial charge on any atom is 0.270 e. The van der Waals surface area contributed by atoms with Gasteiger partial charge in [-0.1, -0.05) is 30.9 Å². The van der Waals surface area contributed by atoms with E-state index in [-0.39, 0.29) is 40.7 Å². The molecule has 29 heavy (non-hydrogen) atoms. The largest absolute Gasteiger partial charge is 0.507 e. The van der Waals surface area contributed by atoms with E-state index in [1.807, 2.05) is 6.07 Å². The van der Waals surface area contributed by atoms with Crippen molar-refractivity contribution in [1.82, 2.24) is 4.98 Å². The monoisotopic (exact) mass is 388 g/mol. The topological polar surface area (TPSA) is 135 Å². The minimum Gasteiger partial charge on any atom is -0.507 e. The van der Waals surface area contributed by atoms with Crippen LogP contribution in [0.25, 0.3) is 22.4 Å². The van der Waals surface area contributed by atoms with Crippen molar-refractivity contribution in [2.45, 2.75) is 0 Å². The number of anilines is 1. The summed E-state index contributed by atoms with van der Waals surface area (Å²) in [4.78, 5) is 14.9. The molecule has 0 amide bonds. The van der Waals surface area contributed by atoms with Crippen molar-refractivity contribution >= 4 is 11.5 Å². The molecule has 8 nitrogen and oxygen atoms in total. The highest BCUT2D eigenvalue weighted by Gasteiger charge is 2.19. The lowest BCUT2D eigenvalue weighted by Crippen LogP contribution is -2.02. The van der Waals surface area contributed by atoms with Gasteiger partial charge in [-0.3, -0.25) is 10.1 Å². The van der Waals surface area contributed by atoms with Crippen molar-refractivity contribution in [3.05, 3.63) is 76.9 Å². The van der Waals surface area contributed by atoms with Crippen LogP contribution in [0.15, 0.2) is 61.2 Å². The SMILES string of the molecule is C=CCOc1cccc(O)c1-c1cc(-c2cccc([N+](=O)[O-])c2)c(C#N)c(N)n1. The number of pyridine rings is 1. The van der Waals surface area contributed by atoms with E-state index in [9.17, 15) is 20.5 Å². The highest BCUT2D eigenvalue weighted by Crippen LogP contribution is 2.40. The molecule has 0 saturated carbocycles. The molecule has 3 N–H and O–H groups in total. The molecule has 0 aliphatic heterocycles. The number of phenols is 1. The van der Waals surface area contributed by atoms with Gasteiger partial charge >= 0.3 is 0 Å². The molecule has 8 heteroatoms. The van der Waals surface area contributed by atoms with E-state index < -0.39 is 4.92 Å². The predicted octanol–water partition coefficient (Wildman–Crippen LogP) is 4.05. The van der Waals surface area contributed by atoms with Crippen LogP contribution in [0.5, 0.6) is 11.5 Å². The summed E-state index contributed by atoms with van der Waals surface area (Å²) in [6.45, 7) is 3.81. The number of non-ortho nitro benzene ring substituents is 1. The lowest BCUT2D eigenvalue weighted by atomic mass is 9.97. The van der Waals surface area contributed by atoms with E-state index >= 15 is 0 Å². The van der Waals surface area contributed by atoms with Gasteiger partial charge in [0, 0.05) is 17.7 Å². The molecule has 1 aromatic heterocycles. The minimum absolute atomic E-state index is 0.0653. The molecule has 0 saturated heterocycles. The van der Waals surface area contributed by atoms with Crippen LogP contribution < -0.4 is 10.5 Å². The maximum atomic E-state index is 11.1. The number of nitrogen functional groups attached to an aromatic ring is 1.